The van der Waals surface area contributed by atoms with Crippen LogP contribution in [0.3, 0.4) is 0 Å². The minimum atomic E-state index is -0.386. The van der Waals surface area contributed by atoms with Crippen molar-refractivity contribution in [3.63, 3.8) is 0 Å². The molecule has 1 aromatic carbocycles. The van der Waals surface area contributed by atoms with Crippen LogP contribution < -0.4 is 10.2 Å². The highest BCUT2D eigenvalue weighted by Gasteiger charge is 2.35. The van der Waals surface area contributed by atoms with Crippen LogP contribution in [0.5, 0.6) is 0 Å². The summed E-state index contributed by atoms with van der Waals surface area (Å²) >= 11 is 1.50. The van der Waals surface area contributed by atoms with Crippen molar-refractivity contribution < 1.29 is 14.1 Å². The predicted molar refractivity (Wildman–Crippen MR) is 112 cm³/mol. The van der Waals surface area contributed by atoms with Crippen LogP contribution in [0.25, 0.3) is 10.7 Å². The average Bonchev–Trinajstić information content (AvgIpc) is 3.41. The van der Waals surface area contributed by atoms with Crippen LogP contribution in [0.2, 0.25) is 0 Å². The van der Waals surface area contributed by atoms with Crippen molar-refractivity contribution >= 4 is 34.5 Å². The van der Waals surface area contributed by atoms with Gasteiger partial charge in [0.05, 0.1) is 16.5 Å². The van der Waals surface area contributed by atoms with E-state index in [9.17, 15) is 9.59 Å². The SMILES string of the molecule is CCc1nc(-c2cc(NC(=O)[C@H]3CC(=O)N(c4ccc(C)cc4)C3)c(C)s2)no1. The van der Waals surface area contributed by atoms with Gasteiger partial charge in [0.2, 0.25) is 23.5 Å². The van der Waals surface area contributed by atoms with E-state index in [1.54, 1.807) is 4.90 Å². The number of carbonyl (C=O) groups excluding carboxylic acids is 2. The lowest BCUT2D eigenvalue weighted by Crippen LogP contribution is -2.28. The highest BCUT2D eigenvalue weighted by molar-refractivity contribution is 7.16. The van der Waals surface area contributed by atoms with Crippen molar-refractivity contribution in [2.45, 2.75) is 33.6 Å². The standard InChI is InChI=1S/C21H22N4O3S/c1-4-18-23-20(24-28-18)17-10-16(13(3)29-17)22-21(27)14-9-19(26)25(11-14)15-7-5-12(2)6-8-15/h5-8,10,14H,4,9,11H2,1-3H3,(H,22,27)/t14-/m0/s1. The van der Waals surface area contributed by atoms with Gasteiger partial charge in [0.1, 0.15) is 0 Å². The lowest BCUT2D eigenvalue weighted by molar-refractivity contribution is -0.122. The van der Waals surface area contributed by atoms with Gasteiger partial charge in [-0.2, -0.15) is 4.98 Å². The zero-order valence-corrected chi connectivity index (χ0v) is 17.4. The largest absolute Gasteiger partial charge is 0.339 e. The second-order valence-corrected chi connectivity index (χ2v) is 8.43. The Morgan fingerprint density at radius 1 is 1.31 bits per heavy atom. The van der Waals surface area contributed by atoms with E-state index in [2.05, 4.69) is 15.5 Å². The van der Waals surface area contributed by atoms with Crippen molar-refractivity contribution in [3.8, 4) is 10.7 Å². The van der Waals surface area contributed by atoms with E-state index in [1.807, 2.05) is 51.1 Å². The second-order valence-electron chi connectivity index (χ2n) is 7.18. The van der Waals surface area contributed by atoms with E-state index in [0.29, 0.717) is 24.7 Å². The van der Waals surface area contributed by atoms with Crippen molar-refractivity contribution in [2.24, 2.45) is 5.92 Å². The van der Waals surface area contributed by atoms with E-state index in [4.69, 9.17) is 4.52 Å². The average molecular weight is 410 g/mol. The molecule has 1 aliphatic heterocycles. The molecule has 1 atom stereocenters. The first-order valence-corrected chi connectivity index (χ1v) is 10.4. The summed E-state index contributed by atoms with van der Waals surface area (Å²) < 4.78 is 5.17. The number of thiophene rings is 1. The number of nitrogens with zero attached hydrogens (tertiary/aromatic N) is 3. The summed E-state index contributed by atoms with van der Waals surface area (Å²) in [5.74, 6) is 0.538. The van der Waals surface area contributed by atoms with Gasteiger partial charge in [0.25, 0.3) is 0 Å². The summed E-state index contributed by atoms with van der Waals surface area (Å²) in [5.41, 5.74) is 2.68. The molecular weight excluding hydrogens is 388 g/mol. The Kier molecular flexibility index (Phi) is 5.19. The lowest BCUT2D eigenvalue weighted by atomic mass is 10.1. The van der Waals surface area contributed by atoms with E-state index < -0.39 is 0 Å². The maximum absolute atomic E-state index is 12.8. The number of benzene rings is 1. The molecule has 1 fully saturated rings. The van der Waals surface area contributed by atoms with Crippen LogP contribution in [-0.4, -0.2) is 28.5 Å². The minimum absolute atomic E-state index is 0.0318. The number of nitrogens with one attached hydrogen (secondary N) is 1. The first kappa shape index (κ1) is 19.3. The highest BCUT2D eigenvalue weighted by atomic mass is 32.1. The van der Waals surface area contributed by atoms with Gasteiger partial charge in [-0.25, -0.2) is 0 Å². The van der Waals surface area contributed by atoms with E-state index in [1.165, 1.54) is 11.3 Å². The molecule has 7 nitrogen and oxygen atoms in total. The van der Waals surface area contributed by atoms with Gasteiger partial charge in [-0.1, -0.05) is 29.8 Å². The van der Waals surface area contributed by atoms with Crippen LogP contribution in [-0.2, 0) is 16.0 Å². The third kappa shape index (κ3) is 3.93. The van der Waals surface area contributed by atoms with Gasteiger partial charge in [-0.05, 0) is 32.0 Å². The Balaban J connectivity index is 1.46. The molecule has 0 aliphatic carbocycles. The molecule has 3 aromatic rings. The summed E-state index contributed by atoms with van der Waals surface area (Å²) in [6.45, 7) is 6.27. The van der Waals surface area contributed by atoms with E-state index in [-0.39, 0.29) is 24.2 Å². The molecular formula is C21H22N4O3S. The topological polar surface area (TPSA) is 88.3 Å². The first-order chi connectivity index (χ1) is 13.9. The Morgan fingerprint density at radius 3 is 2.76 bits per heavy atom. The number of hydrogen-bond acceptors (Lipinski definition) is 6. The minimum Gasteiger partial charge on any atom is -0.339 e. The molecule has 2 aromatic heterocycles. The molecule has 1 saturated heterocycles. The lowest BCUT2D eigenvalue weighted by Gasteiger charge is -2.17. The van der Waals surface area contributed by atoms with Gasteiger partial charge >= 0.3 is 0 Å². The number of aryl methyl sites for hydroxylation is 3. The third-order valence-corrected chi connectivity index (χ3v) is 6.05. The second kappa shape index (κ2) is 7.79. The quantitative estimate of drug-likeness (QED) is 0.688. The molecule has 0 unspecified atom stereocenters. The van der Waals surface area contributed by atoms with Crippen LogP contribution in [0.1, 0.15) is 29.7 Å². The van der Waals surface area contributed by atoms with Crippen LogP contribution in [0, 0.1) is 19.8 Å². The Hall–Kier alpha value is -3.00. The zero-order valence-electron chi connectivity index (χ0n) is 16.6. The Morgan fingerprint density at radius 2 is 2.07 bits per heavy atom. The Labute approximate surface area is 172 Å². The van der Waals surface area contributed by atoms with Crippen molar-refractivity contribution in [1.29, 1.82) is 0 Å². The highest BCUT2D eigenvalue weighted by Crippen LogP contribution is 2.34. The van der Waals surface area contributed by atoms with Crippen LogP contribution >= 0.6 is 11.3 Å². The number of carbonyl (C=O) groups is 2. The monoisotopic (exact) mass is 410 g/mol. The molecule has 1 N–H and O–H groups in total. The van der Waals surface area contributed by atoms with Gasteiger partial charge in [0, 0.05) is 30.0 Å². The molecule has 150 valence electrons. The zero-order chi connectivity index (χ0) is 20.5. The molecule has 0 saturated carbocycles. The van der Waals surface area contributed by atoms with E-state index >= 15 is 0 Å². The molecule has 2 amide bonds. The fraction of sp³-hybridized carbons (Fsp3) is 0.333. The Bertz CT molecular complexity index is 1050. The summed E-state index contributed by atoms with van der Waals surface area (Å²) in [7, 11) is 0. The van der Waals surface area contributed by atoms with Crippen LogP contribution in [0.15, 0.2) is 34.9 Å². The van der Waals surface area contributed by atoms with Gasteiger partial charge in [0.15, 0.2) is 0 Å². The molecule has 1 aliphatic rings. The predicted octanol–water partition coefficient (Wildman–Crippen LogP) is 3.97. The number of rotatable bonds is 5. The normalized spacial score (nSPS) is 16.4. The molecule has 0 spiro atoms. The van der Waals surface area contributed by atoms with Crippen molar-refractivity contribution in [1.82, 2.24) is 10.1 Å². The van der Waals surface area contributed by atoms with Crippen molar-refractivity contribution in [3.05, 3.63) is 46.7 Å². The van der Waals surface area contributed by atoms with Crippen LogP contribution in [0.4, 0.5) is 11.4 Å². The molecule has 3 heterocycles. The van der Waals surface area contributed by atoms with Gasteiger partial charge in [-0.3, -0.25) is 9.59 Å². The maximum atomic E-state index is 12.8. The third-order valence-electron chi connectivity index (χ3n) is 5.01. The summed E-state index contributed by atoms with van der Waals surface area (Å²) in [6, 6.07) is 9.62. The molecule has 29 heavy (non-hydrogen) atoms. The molecule has 8 heteroatoms. The first-order valence-electron chi connectivity index (χ1n) is 9.56. The molecule has 0 bridgehead atoms. The summed E-state index contributed by atoms with van der Waals surface area (Å²) in [4.78, 5) is 33.1. The number of anilines is 2. The molecule has 0 radical (unpaired) electrons. The maximum Gasteiger partial charge on any atom is 0.229 e. The van der Waals surface area contributed by atoms with Crippen molar-refractivity contribution in [2.75, 3.05) is 16.8 Å². The number of aromatic nitrogens is 2. The number of amides is 2. The fourth-order valence-corrected chi connectivity index (χ4v) is 4.21. The number of hydrogen-bond donors (Lipinski definition) is 1. The van der Waals surface area contributed by atoms with Gasteiger partial charge in [-0.15, -0.1) is 11.3 Å². The van der Waals surface area contributed by atoms with E-state index in [0.717, 1.165) is 26.7 Å². The summed E-state index contributed by atoms with van der Waals surface area (Å²) in [5, 5.41) is 6.96. The molecule has 4 rings (SSSR count). The summed E-state index contributed by atoms with van der Waals surface area (Å²) in [6.07, 6.45) is 0.884. The fourth-order valence-electron chi connectivity index (χ4n) is 3.31. The van der Waals surface area contributed by atoms with Gasteiger partial charge < -0.3 is 14.7 Å². The smallest absolute Gasteiger partial charge is 0.229 e.